The summed E-state index contributed by atoms with van der Waals surface area (Å²) in [7, 11) is 0. The minimum atomic E-state index is -0.207. The average Bonchev–Trinajstić information content (AvgIpc) is 3.80. The first-order valence-electron chi connectivity index (χ1n) is 16.4. The van der Waals surface area contributed by atoms with Gasteiger partial charge in [-0.15, -0.1) is 0 Å². The Morgan fingerprint density at radius 3 is 1.31 bits per heavy atom. The highest BCUT2D eigenvalue weighted by molar-refractivity contribution is 6.12. The summed E-state index contributed by atoms with van der Waals surface area (Å²) in [6.07, 6.45) is 0. The lowest BCUT2D eigenvalue weighted by Crippen LogP contribution is -2.11. The summed E-state index contributed by atoms with van der Waals surface area (Å²) in [6.45, 7) is 8.76. The molecular formula is C45H26N4. The normalized spacial score (nSPS) is 12.4. The molecule has 2 aromatic heterocycles. The lowest BCUT2D eigenvalue weighted by atomic mass is 9.85. The molecule has 0 aliphatic heterocycles. The van der Waals surface area contributed by atoms with Crippen LogP contribution in [0.5, 0.6) is 0 Å². The molecule has 0 fully saturated rings. The summed E-state index contributed by atoms with van der Waals surface area (Å²) in [6, 6.07) is 55.1. The number of rotatable bonds is 3. The third-order valence-corrected chi connectivity index (χ3v) is 10.3. The number of hydrogen-bond donors (Lipinski definition) is 0. The summed E-state index contributed by atoms with van der Waals surface area (Å²) < 4.78 is 4.44. The molecule has 0 saturated heterocycles. The number of benzene rings is 7. The van der Waals surface area contributed by atoms with Crippen LogP contribution in [-0.4, -0.2) is 9.13 Å². The minimum absolute atomic E-state index is 0.207. The van der Waals surface area contributed by atoms with Crippen LogP contribution >= 0.6 is 0 Å². The third-order valence-electron chi connectivity index (χ3n) is 10.3. The molecule has 0 N–H and O–H groups in total. The van der Waals surface area contributed by atoms with Crippen molar-refractivity contribution < 1.29 is 0 Å². The van der Waals surface area contributed by atoms with Crippen LogP contribution in [0.25, 0.3) is 71.0 Å². The SMILES string of the molecule is [C-]#[N+]c1cc(C2c3ccccc3-c3ccccc32)c(C#N)c(-n2c3ccccc3c3ccccc32)c1-n1c2ccccc2c2ccccc21. The summed E-state index contributed by atoms with van der Waals surface area (Å²) in [5.41, 5.74) is 11.9. The van der Waals surface area contributed by atoms with E-state index in [0.29, 0.717) is 16.9 Å². The summed E-state index contributed by atoms with van der Waals surface area (Å²) >= 11 is 0. The predicted octanol–water partition coefficient (Wildman–Crippen LogP) is 11.5. The molecule has 0 bridgehead atoms. The average molecular weight is 623 g/mol. The molecule has 9 aromatic rings. The van der Waals surface area contributed by atoms with Crippen molar-refractivity contribution in [2.45, 2.75) is 5.92 Å². The molecule has 1 aliphatic rings. The standard InChI is InChI=1S/C45H26N4/c1-47-38-26-36(43-34-20-4-2-14-28(34)29-15-3-5-21-35(29)43)37(27-46)44(48-39-22-10-6-16-30(39)31-17-7-11-23-40(31)48)45(38)49-41-24-12-8-18-32(41)33-19-9-13-25-42(33)49/h2-26,43H. The van der Waals surface area contributed by atoms with Gasteiger partial charge in [-0.2, -0.15) is 5.26 Å². The number of hydrogen-bond acceptors (Lipinski definition) is 1. The van der Waals surface area contributed by atoms with E-state index in [-0.39, 0.29) is 5.92 Å². The second kappa shape index (κ2) is 10.3. The Morgan fingerprint density at radius 1 is 0.490 bits per heavy atom. The van der Waals surface area contributed by atoms with E-state index >= 15 is 0 Å². The number of nitrogens with zero attached hydrogens (tertiary/aromatic N) is 4. The van der Waals surface area contributed by atoms with Crippen molar-refractivity contribution in [2.75, 3.05) is 0 Å². The van der Waals surface area contributed by atoms with Crippen LogP contribution in [0.3, 0.4) is 0 Å². The summed E-state index contributed by atoms with van der Waals surface area (Å²) in [5.74, 6) is -0.207. The minimum Gasteiger partial charge on any atom is -0.317 e. The van der Waals surface area contributed by atoms with Gasteiger partial charge in [-0.3, -0.25) is 0 Å². The van der Waals surface area contributed by atoms with E-state index in [2.05, 4.69) is 141 Å². The molecule has 0 atom stereocenters. The van der Waals surface area contributed by atoms with Crippen LogP contribution in [0.2, 0.25) is 0 Å². The predicted molar refractivity (Wildman–Crippen MR) is 199 cm³/mol. The maximum atomic E-state index is 11.5. The van der Waals surface area contributed by atoms with E-state index < -0.39 is 0 Å². The molecule has 0 radical (unpaired) electrons. The van der Waals surface area contributed by atoms with Gasteiger partial charge in [-0.1, -0.05) is 121 Å². The molecule has 0 saturated carbocycles. The second-order valence-electron chi connectivity index (χ2n) is 12.6. The molecule has 49 heavy (non-hydrogen) atoms. The Balaban J connectivity index is 1.44. The smallest absolute Gasteiger partial charge is 0.213 e. The van der Waals surface area contributed by atoms with E-state index in [1.807, 2.05) is 30.3 Å². The summed E-state index contributed by atoms with van der Waals surface area (Å²) in [5, 5.41) is 15.9. The number of para-hydroxylation sites is 4. The molecule has 1 aliphatic carbocycles. The first-order valence-corrected chi connectivity index (χ1v) is 16.4. The highest BCUT2D eigenvalue weighted by Crippen LogP contribution is 2.52. The quantitative estimate of drug-likeness (QED) is 0.181. The Kier molecular flexibility index (Phi) is 5.73. The van der Waals surface area contributed by atoms with E-state index in [1.54, 1.807) is 0 Å². The largest absolute Gasteiger partial charge is 0.317 e. The molecule has 7 aromatic carbocycles. The number of fused-ring (bicyclic) bond motifs is 9. The topological polar surface area (TPSA) is 38.0 Å². The Bertz CT molecular complexity index is 2770. The van der Waals surface area contributed by atoms with Gasteiger partial charge in [-0.05, 0) is 58.1 Å². The molecule has 2 heterocycles. The fourth-order valence-corrected chi connectivity index (χ4v) is 8.35. The first-order chi connectivity index (χ1) is 24.3. The molecule has 226 valence electrons. The maximum absolute atomic E-state index is 11.5. The van der Waals surface area contributed by atoms with Crippen molar-refractivity contribution in [3.8, 4) is 28.6 Å². The molecule has 0 amide bonds. The van der Waals surface area contributed by atoms with Gasteiger partial charge >= 0.3 is 0 Å². The van der Waals surface area contributed by atoms with Gasteiger partial charge in [0, 0.05) is 27.5 Å². The zero-order chi connectivity index (χ0) is 32.6. The van der Waals surface area contributed by atoms with Crippen LogP contribution in [0.1, 0.15) is 28.2 Å². The fraction of sp³-hybridized carbons (Fsp3) is 0.0222. The first kappa shape index (κ1) is 27.3. The van der Waals surface area contributed by atoms with Gasteiger partial charge in [0.25, 0.3) is 0 Å². The molecule has 10 rings (SSSR count). The second-order valence-corrected chi connectivity index (χ2v) is 12.6. The zero-order valence-electron chi connectivity index (χ0n) is 26.3. The molecule has 4 nitrogen and oxygen atoms in total. The van der Waals surface area contributed by atoms with Crippen molar-refractivity contribution in [1.82, 2.24) is 9.13 Å². The van der Waals surface area contributed by atoms with Gasteiger partial charge in [0.05, 0.1) is 45.6 Å². The van der Waals surface area contributed by atoms with Crippen LogP contribution in [0, 0.1) is 17.9 Å². The van der Waals surface area contributed by atoms with Gasteiger partial charge in [0.15, 0.2) is 0 Å². The lowest BCUT2D eigenvalue weighted by molar-refractivity contribution is 0.990. The number of nitriles is 1. The van der Waals surface area contributed by atoms with Gasteiger partial charge in [-0.25, -0.2) is 4.85 Å². The molecule has 4 heteroatoms. The van der Waals surface area contributed by atoms with E-state index in [0.717, 1.165) is 66.0 Å². The van der Waals surface area contributed by atoms with E-state index in [9.17, 15) is 5.26 Å². The van der Waals surface area contributed by atoms with Gasteiger partial charge in [0.1, 0.15) is 6.07 Å². The van der Waals surface area contributed by atoms with Crippen molar-refractivity contribution >= 4 is 49.3 Å². The lowest BCUT2D eigenvalue weighted by Gasteiger charge is -2.24. The Hall–Kier alpha value is -6.88. The van der Waals surface area contributed by atoms with Crippen molar-refractivity contribution in [3.63, 3.8) is 0 Å². The Morgan fingerprint density at radius 2 is 0.878 bits per heavy atom. The Labute approximate surface area is 282 Å². The van der Waals surface area contributed by atoms with E-state index in [1.165, 1.54) is 11.1 Å². The molecule has 0 unspecified atom stereocenters. The van der Waals surface area contributed by atoms with Crippen LogP contribution in [0.4, 0.5) is 5.69 Å². The van der Waals surface area contributed by atoms with Crippen molar-refractivity contribution in [1.29, 1.82) is 5.26 Å². The fourth-order valence-electron chi connectivity index (χ4n) is 8.35. The van der Waals surface area contributed by atoms with Crippen LogP contribution in [-0.2, 0) is 0 Å². The maximum Gasteiger partial charge on any atom is 0.213 e. The van der Waals surface area contributed by atoms with Gasteiger partial charge in [0.2, 0.25) is 5.69 Å². The molecular weight excluding hydrogens is 597 g/mol. The van der Waals surface area contributed by atoms with Crippen LogP contribution < -0.4 is 0 Å². The zero-order valence-corrected chi connectivity index (χ0v) is 26.3. The highest BCUT2D eigenvalue weighted by atomic mass is 15.1. The monoisotopic (exact) mass is 622 g/mol. The van der Waals surface area contributed by atoms with Crippen molar-refractivity contribution in [3.05, 3.63) is 185 Å². The third kappa shape index (κ3) is 3.66. The van der Waals surface area contributed by atoms with Gasteiger partial charge < -0.3 is 9.13 Å². The number of aromatic nitrogens is 2. The van der Waals surface area contributed by atoms with Crippen LogP contribution in [0.15, 0.2) is 152 Å². The van der Waals surface area contributed by atoms with Crippen molar-refractivity contribution in [2.24, 2.45) is 0 Å². The highest BCUT2D eigenvalue weighted by Gasteiger charge is 2.35. The van der Waals surface area contributed by atoms with E-state index in [4.69, 9.17) is 6.57 Å². The summed E-state index contributed by atoms with van der Waals surface area (Å²) in [4.78, 5) is 4.30. The molecule has 0 spiro atoms.